The lowest BCUT2D eigenvalue weighted by atomic mass is 9.91. The predicted octanol–water partition coefficient (Wildman–Crippen LogP) is 5.44. The van der Waals surface area contributed by atoms with Gasteiger partial charge in [0.05, 0.1) is 0 Å². The molecule has 2 aromatic carbocycles. The van der Waals surface area contributed by atoms with Gasteiger partial charge in [-0.05, 0) is 48.8 Å². The normalized spacial score (nSPS) is 18.6. The number of carbonyl (C=O) groups is 1. The molecule has 0 N–H and O–H groups in total. The van der Waals surface area contributed by atoms with E-state index in [-0.39, 0.29) is 11.6 Å². The van der Waals surface area contributed by atoms with Crippen LogP contribution in [0.25, 0.3) is 10.8 Å². The number of Topliss-reactive ketones (excluding diaryl/α,β-unsaturated/α-hetero) is 1. The Morgan fingerprint density at radius 1 is 0.905 bits per heavy atom. The van der Waals surface area contributed by atoms with Gasteiger partial charge in [-0.2, -0.15) is 0 Å². The number of rotatable bonds is 2. The van der Waals surface area contributed by atoms with Crippen LogP contribution in [0.2, 0.25) is 0 Å². The molecule has 0 atom stereocenters. The zero-order chi connectivity index (χ0) is 14.7. The van der Waals surface area contributed by atoms with E-state index in [0.29, 0.717) is 16.3 Å². The first-order valence-corrected chi connectivity index (χ1v) is 7.68. The van der Waals surface area contributed by atoms with E-state index >= 15 is 0 Å². The van der Waals surface area contributed by atoms with E-state index in [1.807, 2.05) is 12.1 Å². The van der Waals surface area contributed by atoms with Crippen molar-refractivity contribution in [2.45, 2.75) is 38.5 Å². The molecule has 0 heterocycles. The number of hydrogen-bond donors (Lipinski definition) is 0. The molecule has 0 spiro atoms. The minimum atomic E-state index is -0.270. The molecule has 0 bridgehead atoms. The molecule has 0 saturated heterocycles. The number of hydrogen-bond acceptors (Lipinski definition) is 1. The average Bonchev–Trinajstić information content (AvgIpc) is 2.47. The van der Waals surface area contributed by atoms with Crippen LogP contribution in [0, 0.1) is 5.82 Å². The largest absolute Gasteiger partial charge is 0.289 e. The fraction of sp³-hybridized carbons (Fsp3) is 0.316. The van der Waals surface area contributed by atoms with Crippen molar-refractivity contribution in [3.8, 4) is 0 Å². The molecule has 3 rings (SSSR count). The van der Waals surface area contributed by atoms with Crippen LogP contribution in [0.3, 0.4) is 0 Å². The minimum absolute atomic E-state index is 0.0631. The summed E-state index contributed by atoms with van der Waals surface area (Å²) in [5, 5.41) is 1.24. The zero-order valence-electron chi connectivity index (χ0n) is 12.1. The molecule has 1 aliphatic carbocycles. The Kier molecular flexibility index (Phi) is 4.14. The van der Waals surface area contributed by atoms with Gasteiger partial charge in [0.15, 0.2) is 5.78 Å². The molecular formula is C19H19FO. The van der Waals surface area contributed by atoms with Gasteiger partial charge in [-0.3, -0.25) is 4.79 Å². The molecule has 0 aromatic heterocycles. The molecule has 2 aromatic rings. The monoisotopic (exact) mass is 282 g/mol. The van der Waals surface area contributed by atoms with Crippen molar-refractivity contribution in [1.29, 1.82) is 0 Å². The van der Waals surface area contributed by atoms with Gasteiger partial charge < -0.3 is 0 Å². The lowest BCUT2D eigenvalue weighted by Gasteiger charge is -2.12. The molecule has 108 valence electrons. The summed E-state index contributed by atoms with van der Waals surface area (Å²) < 4.78 is 13.9. The van der Waals surface area contributed by atoms with E-state index in [4.69, 9.17) is 0 Å². The minimum Gasteiger partial charge on any atom is -0.289 e. The smallest absolute Gasteiger partial charge is 0.189 e. The molecule has 0 unspecified atom stereocenters. The van der Waals surface area contributed by atoms with Crippen LogP contribution in [-0.4, -0.2) is 5.78 Å². The summed E-state index contributed by atoms with van der Waals surface area (Å²) in [6.07, 6.45) is 8.55. The molecule has 1 nitrogen and oxygen atoms in total. The van der Waals surface area contributed by atoms with Crippen molar-refractivity contribution in [3.05, 3.63) is 59.4 Å². The first kappa shape index (κ1) is 14.0. The average molecular weight is 282 g/mol. The van der Waals surface area contributed by atoms with Crippen molar-refractivity contribution < 1.29 is 9.18 Å². The Labute approximate surface area is 124 Å². The molecule has 2 heteroatoms. The van der Waals surface area contributed by atoms with Crippen LogP contribution in [0.4, 0.5) is 4.39 Å². The van der Waals surface area contributed by atoms with Gasteiger partial charge in [-0.15, -0.1) is 0 Å². The second-order valence-electron chi connectivity index (χ2n) is 5.65. The van der Waals surface area contributed by atoms with Crippen LogP contribution >= 0.6 is 0 Å². The summed E-state index contributed by atoms with van der Waals surface area (Å²) >= 11 is 0. The fourth-order valence-corrected chi connectivity index (χ4v) is 3.03. The van der Waals surface area contributed by atoms with Crippen LogP contribution < -0.4 is 0 Å². The van der Waals surface area contributed by atoms with Crippen LogP contribution in [0.1, 0.15) is 48.9 Å². The highest BCUT2D eigenvalue weighted by molar-refractivity contribution is 6.16. The highest BCUT2D eigenvalue weighted by Crippen LogP contribution is 2.26. The van der Waals surface area contributed by atoms with Gasteiger partial charge in [0.1, 0.15) is 5.82 Å². The Hall–Kier alpha value is -1.96. The molecule has 0 aliphatic heterocycles. The van der Waals surface area contributed by atoms with Gasteiger partial charge in [0, 0.05) is 10.9 Å². The SMILES string of the molecule is O=C(/C1=C/CCCCCC1)c1ccc(F)c2ccccc12. The van der Waals surface area contributed by atoms with E-state index < -0.39 is 0 Å². The second-order valence-corrected chi connectivity index (χ2v) is 5.65. The van der Waals surface area contributed by atoms with E-state index in [1.165, 1.54) is 18.9 Å². The summed E-state index contributed by atoms with van der Waals surface area (Å²) in [5.41, 5.74) is 1.52. The van der Waals surface area contributed by atoms with Gasteiger partial charge in [0.25, 0.3) is 0 Å². The third-order valence-corrected chi connectivity index (χ3v) is 4.20. The molecule has 0 amide bonds. The summed E-state index contributed by atoms with van der Waals surface area (Å²) in [5.74, 6) is -0.207. The van der Waals surface area contributed by atoms with E-state index in [2.05, 4.69) is 6.08 Å². The molecule has 21 heavy (non-hydrogen) atoms. The first-order valence-electron chi connectivity index (χ1n) is 7.68. The Morgan fingerprint density at radius 3 is 2.52 bits per heavy atom. The Morgan fingerprint density at radius 2 is 1.67 bits per heavy atom. The molecule has 0 fully saturated rings. The lowest BCUT2D eigenvalue weighted by Crippen LogP contribution is -2.06. The van der Waals surface area contributed by atoms with Crippen molar-refractivity contribution in [3.63, 3.8) is 0 Å². The number of ketones is 1. The van der Waals surface area contributed by atoms with Gasteiger partial charge in [0.2, 0.25) is 0 Å². The highest BCUT2D eigenvalue weighted by Gasteiger charge is 2.16. The van der Waals surface area contributed by atoms with Crippen molar-refractivity contribution >= 4 is 16.6 Å². The molecule has 0 saturated carbocycles. The lowest BCUT2D eigenvalue weighted by molar-refractivity contribution is 0.103. The number of halogens is 1. The second kappa shape index (κ2) is 6.21. The summed E-state index contributed by atoms with van der Waals surface area (Å²) in [7, 11) is 0. The number of benzene rings is 2. The van der Waals surface area contributed by atoms with Crippen molar-refractivity contribution in [2.75, 3.05) is 0 Å². The number of fused-ring (bicyclic) bond motifs is 1. The standard InChI is InChI=1S/C19H19FO/c20-18-13-12-17(15-10-6-7-11-16(15)18)19(21)14-8-4-2-1-3-5-9-14/h6-8,10-13H,1-5,9H2/b14-8+. The first-order chi connectivity index (χ1) is 10.3. The maximum Gasteiger partial charge on any atom is 0.189 e. The topological polar surface area (TPSA) is 17.1 Å². The van der Waals surface area contributed by atoms with Crippen molar-refractivity contribution in [2.24, 2.45) is 0 Å². The zero-order valence-corrected chi connectivity index (χ0v) is 12.1. The quantitative estimate of drug-likeness (QED) is 0.670. The predicted molar refractivity (Wildman–Crippen MR) is 84.0 cm³/mol. The summed E-state index contributed by atoms with van der Waals surface area (Å²) in [6.45, 7) is 0. The number of carbonyl (C=O) groups excluding carboxylic acids is 1. The highest BCUT2D eigenvalue weighted by atomic mass is 19.1. The maximum atomic E-state index is 13.9. The van der Waals surface area contributed by atoms with Gasteiger partial charge in [-0.25, -0.2) is 4.39 Å². The molecule has 0 radical (unpaired) electrons. The Bertz CT molecular complexity index is 700. The van der Waals surface area contributed by atoms with Gasteiger partial charge >= 0.3 is 0 Å². The van der Waals surface area contributed by atoms with E-state index in [1.54, 1.807) is 18.2 Å². The number of allylic oxidation sites excluding steroid dienone is 2. The molecule has 1 aliphatic rings. The van der Waals surface area contributed by atoms with Crippen LogP contribution in [0.15, 0.2) is 48.0 Å². The van der Waals surface area contributed by atoms with Crippen LogP contribution in [-0.2, 0) is 0 Å². The Balaban J connectivity index is 2.03. The maximum absolute atomic E-state index is 13.9. The van der Waals surface area contributed by atoms with E-state index in [9.17, 15) is 9.18 Å². The van der Waals surface area contributed by atoms with Crippen molar-refractivity contribution in [1.82, 2.24) is 0 Å². The summed E-state index contributed by atoms with van der Waals surface area (Å²) in [4.78, 5) is 12.8. The van der Waals surface area contributed by atoms with Gasteiger partial charge in [-0.1, -0.05) is 43.2 Å². The molecular weight excluding hydrogens is 263 g/mol. The summed E-state index contributed by atoms with van der Waals surface area (Å²) in [6, 6.07) is 10.2. The van der Waals surface area contributed by atoms with E-state index in [0.717, 1.165) is 31.3 Å². The fourth-order valence-electron chi connectivity index (χ4n) is 3.03. The third kappa shape index (κ3) is 2.90. The van der Waals surface area contributed by atoms with Crippen LogP contribution in [0.5, 0.6) is 0 Å². The third-order valence-electron chi connectivity index (χ3n) is 4.20.